The van der Waals surface area contributed by atoms with E-state index < -0.39 is 0 Å². The second-order valence-corrected chi connectivity index (χ2v) is 5.08. The van der Waals surface area contributed by atoms with Gasteiger partial charge in [-0.15, -0.1) is 0 Å². The van der Waals surface area contributed by atoms with Crippen molar-refractivity contribution in [3.63, 3.8) is 0 Å². The number of hydrogen-bond donors (Lipinski definition) is 2. The summed E-state index contributed by atoms with van der Waals surface area (Å²) < 4.78 is 11.2. The van der Waals surface area contributed by atoms with E-state index in [1.807, 2.05) is 6.07 Å². The molecule has 3 N–H and O–H groups in total. The molecule has 0 bridgehead atoms. The van der Waals surface area contributed by atoms with Crippen LogP contribution in [-0.2, 0) is 4.74 Å². The zero-order valence-corrected chi connectivity index (χ0v) is 11.6. The SMILES string of the molecule is NNC(=O)c1cccc(OCCOCC2CCCC2)c1. The van der Waals surface area contributed by atoms with Gasteiger partial charge in [0.2, 0.25) is 0 Å². The van der Waals surface area contributed by atoms with Gasteiger partial charge in [-0.05, 0) is 37.0 Å². The number of benzene rings is 1. The number of carbonyl (C=O) groups excluding carboxylic acids is 1. The average Bonchev–Trinajstić information content (AvgIpc) is 2.99. The van der Waals surface area contributed by atoms with E-state index in [2.05, 4.69) is 5.43 Å². The molecule has 0 spiro atoms. The van der Waals surface area contributed by atoms with Crippen LogP contribution in [0.1, 0.15) is 36.0 Å². The number of amides is 1. The van der Waals surface area contributed by atoms with Crippen LogP contribution in [0.2, 0.25) is 0 Å². The van der Waals surface area contributed by atoms with E-state index in [-0.39, 0.29) is 5.91 Å². The fourth-order valence-electron chi connectivity index (χ4n) is 2.46. The first kappa shape index (κ1) is 14.8. The van der Waals surface area contributed by atoms with Gasteiger partial charge in [0.15, 0.2) is 0 Å². The number of hydrazine groups is 1. The molecule has 1 aromatic carbocycles. The molecule has 0 aromatic heterocycles. The van der Waals surface area contributed by atoms with Gasteiger partial charge in [-0.1, -0.05) is 18.9 Å². The molecule has 0 aliphatic heterocycles. The highest BCUT2D eigenvalue weighted by Gasteiger charge is 2.14. The summed E-state index contributed by atoms with van der Waals surface area (Å²) in [5.41, 5.74) is 2.58. The van der Waals surface area contributed by atoms with E-state index in [0.29, 0.717) is 24.5 Å². The first-order valence-electron chi connectivity index (χ1n) is 7.11. The Bertz CT molecular complexity index is 431. The van der Waals surface area contributed by atoms with Crippen LogP contribution in [-0.4, -0.2) is 25.7 Å². The highest BCUT2D eigenvalue weighted by molar-refractivity contribution is 5.94. The summed E-state index contributed by atoms with van der Waals surface area (Å²) >= 11 is 0. The number of hydrogen-bond acceptors (Lipinski definition) is 4. The summed E-state index contributed by atoms with van der Waals surface area (Å²) in [6, 6.07) is 6.92. The predicted octanol–water partition coefficient (Wildman–Crippen LogP) is 1.88. The molecular formula is C15H22N2O3. The van der Waals surface area contributed by atoms with Crippen LogP contribution >= 0.6 is 0 Å². The molecule has 20 heavy (non-hydrogen) atoms. The van der Waals surface area contributed by atoms with E-state index in [0.717, 1.165) is 12.5 Å². The van der Waals surface area contributed by atoms with Crippen molar-refractivity contribution in [2.75, 3.05) is 19.8 Å². The van der Waals surface area contributed by atoms with Crippen molar-refractivity contribution >= 4 is 5.91 Å². The lowest BCUT2D eigenvalue weighted by Crippen LogP contribution is -2.29. The third kappa shape index (κ3) is 4.51. The van der Waals surface area contributed by atoms with Crippen LogP contribution in [0.4, 0.5) is 0 Å². The summed E-state index contributed by atoms with van der Waals surface area (Å²) in [5.74, 6) is 6.14. The Labute approximate surface area is 119 Å². The Balaban J connectivity index is 1.67. The third-order valence-electron chi connectivity index (χ3n) is 3.55. The number of carbonyl (C=O) groups is 1. The zero-order chi connectivity index (χ0) is 14.2. The van der Waals surface area contributed by atoms with E-state index in [1.165, 1.54) is 25.7 Å². The summed E-state index contributed by atoms with van der Waals surface area (Å²) in [5, 5.41) is 0. The molecule has 5 nitrogen and oxygen atoms in total. The Morgan fingerprint density at radius 2 is 2.10 bits per heavy atom. The molecule has 110 valence electrons. The first-order valence-corrected chi connectivity index (χ1v) is 7.11. The van der Waals surface area contributed by atoms with Crippen molar-refractivity contribution < 1.29 is 14.3 Å². The molecule has 1 fully saturated rings. The standard InChI is InChI=1S/C15H22N2O3/c16-17-15(18)13-6-3-7-14(10-13)20-9-8-19-11-12-4-1-2-5-12/h3,6-7,10,12H,1-2,4-5,8-9,11,16H2,(H,17,18). The lowest BCUT2D eigenvalue weighted by molar-refractivity contribution is 0.0753. The van der Waals surface area contributed by atoms with E-state index in [9.17, 15) is 4.79 Å². The molecule has 0 saturated heterocycles. The van der Waals surface area contributed by atoms with E-state index >= 15 is 0 Å². The van der Waals surface area contributed by atoms with Gasteiger partial charge in [0.05, 0.1) is 6.61 Å². The smallest absolute Gasteiger partial charge is 0.265 e. The van der Waals surface area contributed by atoms with Gasteiger partial charge in [-0.3, -0.25) is 10.2 Å². The molecule has 1 saturated carbocycles. The number of nitrogens with one attached hydrogen (secondary N) is 1. The Morgan fingerprint density at radius 3 is 2.85 bits per heavy atom. The maximum Gasteiger partial charge on any atom is 0.265 e. The molecule has 1 aromatic rings. The van der Waals surface area contributed by atoms with Gasteiger partial charge in [-0.25, -0.2) is 5.84 Å². The molecule has 0 radical (unpaired) electrons. The topological polar surface area (TPSA) is 73.6 Å². The number of rotatable bonds is 7. The molecular weight excluding hydrogens is 256 g/mol. The minimum absolute atomic E-state index is 0.326. The van der Waals surface area contributed by atoms with Gasteiger partial charge in [-0.2, -0.15) is 0 Å². The van der Waals surface area contributed by atoms with Crippen LogP contribution in [0.3, 0.4) is 0 Å². The second kappa shape index (κ2) is 7.87. The Kier molecular flexibility index (Phi) is 5.83. The normalized spacial score (nSPS) is 15.2. The second-order valence-electron chi connectivity index (χ2n) is 5.08. The van der Waals surface area contributed by atoms with Gasteiger partial charge in [0.25, 0.3) is 5.91 Å². The minimum Gasteiger partial charge on any atom is -0.491 e. The van der Waals surface area contributed by atoms with Gasteiger partial charge >= 0.3 is 0 Å². The largest absolute Gasteiger partial charge is 0.491 e. The average molecular weight is 278 g/mol. The summed E-state index contributed by atoms with van der Waals surface area (Å²) in [7, 11) is 0. The predicted molar refractivity (Wildman–Crippen MR) is 76.4 cm³/mol. The number of ether oxygens (including phenoxy) is 2. The van der Waals surface area contributed by atoms with Crippen molar-refractivity contribution in [2.24, 2.45) is 11.8 Å². The van der Waals surface area contributed by atoms with Crippen LogP contribution in [0.15, 0.2) is 24.3 Å². The van der Waals surface area contributed by atoms with Gasteiger partial charge in [0.1, 0.15) is 12.4 Å². The zero-order valence-electron chi connectivity index (χ0n) is 11.6. The quantitative estimate of drug-likeness (QED) is 0.346. The van der Waals surface area contributed by atoms with Crippen molar-refractivity contribution in [2.45, 2.75) is 25.7 Å². The van der Waals surface area contributed by atoms with Crippen molar-refractivity contribution in [3.8, 4) is 5.75 Å². The molecule has 1 aliphatic carbocycles. The summed E-state index contributed by atoms with van der Waals surface area (Å²) in [4.78, 5) is 11.4. The van der Waals surface area contributed by atoms with E-state index in [1.54, 1.807) is 18.2 Å². The summed E-state index contributed by atoms with van der Waals surface area (Å²) in [6.45, 7) is 1.89. The number of nitrogens with two attached hydrogens (primary N) is 1. The van der Waals surface area contributed by atoms with Crippen molar-refractivity contribution in [3.05, 3.63) is 29.8 Å². The van der Waals surface area contributed by atoms with E-state index in [4.69, 9.17) is 15.3 Å². The maximum absolute atomic E-state index is 11.4. The summed E-state index contributed by atoms with van der Waals surface area (Å²) in [6.07, 6.45) is 5.25. The van der Waals surface area contributed by atoms with Crippen LogP contribution in [0.5, 0.6) is 5.75 Å². The number of nitrogen functional groups attached to an aromatic ring is 1. The van der Waals surface area contributed by atoms with Crippen molar-refractivity contribution in [1.82, 2.24) is 5.43 Å². The van der Waals surface area contributed by atoms with Gasteiger partial charge < -0.3 is 9.47 Å². The maximum atomic E-state index is 11.4. The Morgan fingerprint density at radius 1 is 1.30 bits per heavy atom. The third-order valence-corrected chi connectivity index (χ3v) is 3.55. The monoisotopic (exact) mass is 278 g/mol. The molecule has 0 heterocycles. The highest BCUT2D eigenvalue weighted by atomic mass is 16.5. The van der Waals surface area contributed by atoms with Crippen LogP contribution in [0.25, 0.3) is 0 Å². The highest BCUT2D eigenvalue weighted by Crippen LogP contribution is 2.24. The van der Waals surface area contributed by atoms with Crippen molar-refractivity contribution in [1.29, 1.82) is 0 Å². The molecule has 1 aliphatic rings. The molecule has 5 heteroatoms. The van der Waals surface area contributed by atoms with Gasteiger partial charge in [0, 0.05) is 12.2 Å². The first-order chi connectivity index (χ1) is 9.79. The molecule has 0 atom stereocenters. The Hall–Kier alpha value is -1.59. The van der Waals surface area contributed by atoms with Crippen LogP contribution < -0.4 is 16.0 Å². The molecule has 1 amide bonds. The lowest BCUT2D eigenvalue weighted by Gasteiger charge is -2.11. The molecule has 0 unspecified atom stereocenters. The minimum atomic E-state index is -0.326. The fourth-order valence-corrected chi connectivity index (χ4v) is 2.46. The van der Waals surface area contributed by atoms with Crippen LogP contribution in [0, 0.1) is 5.92 Å². The fraction of sp³-hybridized carbons (Fsp3) is 0.533. The molecule has 2 rings (SSSR count). The lowest BCUT2D eigenvalue weighted by atomic mass is 10.1.